The first-order valence-corrected chi connectivity index (χ1v) is 6.09. The Kier molecular flexibility index (Phi) is 3.13. The predicted molar refractivity (Wildman–Crippen MR) is 58.4 cm³/mol. The maximum absolute atomic E-state index is 6.05. The van der Waals surface area contributed by atoms with Gasteiger partial charge < -0.3 is 10.1 Å². The zero-order valence-electron chi connectivity index (χ0n) is 9.51. The Labute approximate surface area is 87.4 Å². The van der Waals surface area contributed by atoms with E-state index >= 15 is 0 Å². The van der Waals surface area contributed by atoms with Gasteiger partial charge in [0.2, 0.25) is 0 Å². The lowest BCUT2D eigenvalue weighted by atomic mass is 9.88. The molecule has 1 spiro atoms. The normalized spacial score (nSPS) is 43.3. The molecule has 1 saturated carbocycles. The summed E-state index contributed by atoms with van der Waals surface area (Å²) in [4.78, 5) is 0. The maximum atomic E-state index is 6.05. The summed E-state index contributed by atoms with van der Waals surface area (Å²) in [6.45, 7) is 3.27. The topological polar surface area (TPSA) is 21.3 Å². The number of hydrogen-bond acceptors (Lipinski definition) is 2. The molecular formula is C12H23NO. The molecule has 2 aliphatic rings. The number of rotatable bonds is 2. The van der Waals surface area contributed by atoms with E-state index in [0.29, 0.717) is 6.04 Å². The minimum atomic E-state index is 0.257. The summed E-state index contributed by atoms with van der Waals surface area (Å²) < 4.78 is 6.05. The molecule has 1 heterocycles. The van der Waals surface area contributed by atoms with Crippen molar-refractivity contribution >= 4 is 0 Å². The summed E-state index contributed by atoms with van der Waals surface area (Å²) >= 11 is 0. The molecule has 14 heavy (non-hydrogen) atoms. The van der Waals surface area contributed by atoms with Crippen molar-refractivity contribution in [2.75, 3.05) is 13.7 Å². The Bertz CT molecular complexity index is 195. The van der Waals surface area contributed by atoms with Crippen molar-refractivity contribution in [3.05, 3.63) is 0 Å². The summed E-state index contributed by atoms with van der Waals surface area (Å²) in [5, 5.41) is 3.41. The molecule has 2 nitrogen and oxygen atoms in total. The highest BCUT2D eigenvalue weighted by Gasteiger charge is 2.42. The van der Waals surface area contributed by atoms with Gasteiger partial charge in [-0.05, 0) is 45.1 Å². The van der Waals surface area contributed by atoms with E-state index in [1.54, 1.807) is 0 Å². The quantitative estimate of drug-likeness (QED) is 0.733. The molecule has 2 heteroatoms. The van der Waals surface area contributed by atoms with E-state index in [9.17, 15) is 0 Å². The average Bonchev–Trinajstić information content (AvgIpc) is 2.61. The summed E-state index contributed by atoms with van der Waals surface area (Å²) in [6.07, 6.45) is 7.74. The second-order valence-electron chi connectivity index (χ2n) is 5.03. The Morgan fingerprint density at radius 2 is 2.21 bits per heavy atom. The average molecular weight is 197 g/mol. The van der Waals surface area contributed by atoms with E-state index in [4.69, 9.17) is 4.74 Å². The number of hydrogen-bond donors (Lipinski definition) is 1. The van der Waals surface area contributed by atoms with Crippen LogP contribution in [0.1, 0.15) is 45.4 Å². The highest BCUT2D eigenvalue weighted by atomic mass is 16.5. The molecule has 82 valence electrons. The van der Waals surface area contributed by atoms with Crippen LogP contribution in [-0.2, 0) is 4.74 Å². The van der Waals surface area contributed by atoms with Crippen molar-refractivity contribution in [2.45, 2.75) is 57.1 Å². The van der Waals surface area contributed by atoms with Crippen molar-refractivity contribution in [3.8, 4) is 0 Å². The van der Waals surface area contributed by atoms with Crippen LogP contribution in [0.15, 0.2) is 0 Å². The van der Waals surface area contributed by atoms with Gasteiger partial charge in [0.1, 0.15) is 0 Å². The smallest absolute Gasteiger partial charge is 0.0700 e. The van der Waals surface area contributed by atoms with Gasteiger partial charge in [-0.1, -0.05) is 13.3 Å². The van der Waals surface area contributed by atoms with E-state index in [2.05, 4.69) is 19.3 Å². The molecule has 1 N–H and O–H groups in total. The van der Waals surface area contributed by atoms with Crippen LogP contribution < -0.4 is 5.32 Å². The van der Waals surface area contributed by atoms with Crippen molar-refractivity contribution in [2.24, 2.45) is 5.92 Å². The van der Waals surface area contributed by atoms with Crippen LogP contribution in [0.4, 0.5) is 0 Å². The van der Waals surface area contributed by atoms with Crippen LogP contribution in [0.25, 0.3) is 0 Å². The minimum Gasteiger partial charge on any atom is -0.375 e. The zero-order valence-corrected chi connectivity index (χ0v) is 9.51. The lowest BCUT2D eigenvalue weighted by molar-refractivity contribution is -0.0851. The summed E-state index contributed by atoms with van der Waals surface area (Å²) in [7, 11) is 2.08. The van der Waals surface area contributed by atoms with Gasteiger partial charge >= 0.3 is 0 Å². The fourth-order valence-corrected chi connectivity index (χ4v) is 3.14. The zero-order chi connectivity index (χ0) is 10.0. The third-order valence-corrected chi connectivity index (χ3v) is 4.15. The fourth-order valence-electron chi connectivity index (χ4n) is 3.14. The SMILES string of the molecule is CCC1CCC2(C1)CC(NC)CCO2. The van der Waals surface area contributed by atoms with Crippen molar-refractivity contribution in [1.82, 2.24) is 5.32 Å². The third kappa shape index (κ3) is 1.96. The molecule has 0 aromatic heterocycles. The van der Waals surface area contributed by atoms with Crippen LogP contribution in [-0.4, -0.2) is 25.3 Å². The molecule has 1 aliphatic carbocycles. The third-order valence-electron chi connectivity index (χ3n) is 4.15. The van der Waals surface area contributed by atoms with Crippen LogP contribution >= 0.6 is 0 Å². The van der Waals surface area contributed by atoms with E-state index < -0.39 is 0 Å². The number of nitrogens with one attached hydrogen (secondary N) is 1. The van der Waals surface area contributed by atoms with E-state index in [1.807, 2.05) is 0 Å². The minimum absolute atomic E-state index is 0.257. The van der Waals surface area contributed by atoms with Crippen LogP contribution in [0, 0.1) is 5.92 Å². The monoisotopic (exact) mass is 197 g/mol. The largest absolute Gasteiger partial charge is 0.375 e. The first-order chi connectivity index (χ1) is 6.78. The Morgan fingerprint density at radius 1 is 1.36 bits per heavy atom. The molecule has 0 aromatic rings. The lowest BCUT2D eigenvalue weighted by Crippen LogP contribution is -2.44. The molecule has 2 fully saturated rings. The van der Waals surface area contributed by atoms with Gasteiger partial charge in [0.15, 0.2) is 0 Å². The van der Waals surface area contributed by atoms with E-state index in [1.165, 1.54) is 38.5 Å². The van der Waals surface area contributed by atoms with Gasteiger partial charge in [0.05, 0.1) is 5.60 Å². The summed E-state index contributed by atoms with van der Waals surface area (Å²) in [5.74, 6) is 0.922. The van der Waals surface area contributed by atoms with Gasteiger partial charge in [-0.15, -0.1) is 0 Å². The fraction of sp³-hybridized carbons (Fsp3) is 1.00. The summed E-state index contributed by atoms with van der Waals surface area (Å²) in [6, 6.07) is 0.694. The Balaban J connectivity index is 1.95. The van der Waals surface area contributed by atoms with Crippen molar-refractivity contribution in [3.63, 3.8) is 0 Å². The van der Waals surface area contributed by atoms with Gasteiger partial charge in [-0.3, -0.25) is 0 Å². The molecule has 1 aliphatic heterocycles. The van der Waals surface area contributed by atoms with Crippen molar-refractivity contribution in [1.29, 1.82) is 0 Å². The molecule has 3 atom stereocenters. The molecule has 0 radical (unpaired) electrons. The molecule has 2 rings (SSSR count). The highest BCUT2D eigenvalue weighted by Crippen LogP contribution is 2.44. The predicted octanol–water partition coefficient (Wildman–Crippen LogP) is 2.33. The van der Waals surface area contributed by atoms with Gasteiger partial charge in [0, 0.05) is 12.6 Å². The van der Waals surface area contributed by atoms with Gasteiger partial charge in [-0.2, -0.15) is 0 Å². The Morgan fingerprint density at radius 3 is 2.86 bits per heavy atom. The second kappa shape index (κ2) is 4.19. The maximum Gasteiger partial charge on any atom is 0.0700 e. The van der Waals surface area contributed by atoms with Crippen LogP contribution in [0.2, 0.25) is 0 Å². The summed E-state index contributed by atoms with van der Waals surface area (Å²) in [5.41, 5.74) is 0.257. The molecular weight excluding hydrogens is 174 g/mol. The molecule has 0 amide bonds. The van der Waals surface area contributed by atoms with Crippen LogP contribution in [0.5, 0.6) is 0 Å². The van der Waals surface area contributed by atoms with E-state index in [0.717, 1.165) is 12.5 Å². The lowest BCUT2D eigenvalue weighted by Gasteiger charge is -2.38. The van der Waals surface area contributed by atoms with Gasteiger partial charge in [-0.25, -0.2) is 0 Å². The molecule has 1 saturated heterocycles. The van der Waals surface area contributed by atoms with E-state index in [-0.39, 0.29) is 5.60 Å². The first-order valence-electron chi connectivity index (χ1n) is 6.09. The van der Waals surface area contributed by atoms with Gasteiger partial charge in [0.25, 0.3) is 0 Å². The second-order valence-corrected chi connectivity index (χ2v) is 5.03. The Hall–Kier alpha value is -0.0800. The number of ether oxygens (including phenoxy) is 1. The highest BCUT2D eigenvalue weighted by molar-refractivity contribution is 4.95. The standard InChI is InChI=1S/C12H23NO/c1-3-10-4-6-12(8-10)9-11(13-2)5-7-14-12/h10-11,13H,3-9H2,1-2H3. The first kappa shape index (κ1) is 10.4. The van der Waals surface area contributed by atoms with Crippen LogP contribution in [0.3, 0.4) is 0 Å². The molecule has 0 bridgehead atoms. The molecule has 3 unspecified atom stereocenters. The van der Waals surface area contributed by atoms with Crippen molar-refractivity contribution < 1.29 is 4.74 Å². The molecule has 0 aromatic carbocycles.